The van der Waals surface area contributed by atoms with E-state index in [1.807, 2.05) is 23.1 Å². The van der Waals surface area contributed by atoms with Gasteiger partial charge in [-0.25, -0.2) is 0 Å². The third kappa shape index (κ3) is 4.91. The van der Waals surface area contributed by atoms with Crippen LogP contribution in [-0.4, -0.2) is 8.07 Å². The summed E-state index contributed by atoms with van der Waals surface area (Å²) in [6, 6.07) is 84.7. The Hall–Kier alpha value is -6.43. The zero-order valence-corrected chi connectivity index (χ0v) is 34.8. The molecule has 10 aromatic rings. The first-order valence-electron chi connectivity index (χ1n) is 20.3. The average molecular weight is 804 g/mol. The molecule has 2 aliphatic rings. The van der Waals surface area contributed by atoms with Crippen LogP contribution >= 0.6 is 23.1 Å². The van der Waals surface area contributed by atoms with Gasteiger partial charge in [0.15, 0.2) is 8.07 Å². The van der Waals surface area contributed by atoms with Gasteiger partial charge in [0.1, 0.15) is 0 Å². The zero-order chi connectivity index (χ0) is 39.0. The molecule has 9 aromatic carbocycles. The Labute approximate surface area is 353 Å². The summed E-state index contributed by atoms with van der Waals surface area (Å²) in [6.07, 6.45) is 0. The molecule has 0 saturated heterocycles. The average Bonchev–Trinajstić information content (AvgIpc) is 3.70. The van der Waals surface area contributed by atoms with E-state index in [0.29, 0.717) is 0 Å². The number of hydrogen-bond acceptors (Lipinski definition) is 3. The summed E-state index contributed by atoms with van der Waals surface area (Å²) in [5.74, 6) is 0. The van der Waals surface area contributed by atoms with Crippen molar-refractivity contribution >= 4 is 89.2 Å². The molecule has 0 amide bonds. The molecule has 0 saturated carbocycles. The van der Waals surface area contributed by atoms with Gasteiger partial charge in [0.25, 0.3) is 0 Å². The second-order valence-corrected chi connectivity index (χ2v) is 21.4. The lowest BCUT2D eigenvalue weighted by Gasteiger charge is -2.51. The van der Waals surface area contributed by atoms with Gasteiger partial charge < -0.3 is 4.90 Å². The molecule has 2 aliphatic heterocycles. The second kappa shape index (κ2) is 13.6. The molecular weight excluding hydrogens is 767 g/mol. The first kappa shape index (κ1) is 34.6. The van der Waals surface area contributed by atoms with Gasteiger partial charge in [0.05, 0.1) is 15.8 Å². The lowest BCUT2D eigenvalue weighted by atomic mass is 9.64. The third-order valence-corrected chi connectivity index (χ3v) is 19.9. The monoisotopic (exact) mass is 803 g/mol. The molecule has 0 aliphatic carbocycles. The van der Waals surface area contributed by atoms with Gasteiger partial charge in [0.2, 0.25) is 0 Å². The van der Waals surface area contributed by atoms with Gasteiger partial charge in [-0.2, -0.15) is 0 Å². The van der Waals surface area contributed by atoms with Crippen LogP contribution in [0.5, 0.6) is 0 Å². The first-order valence-corrected chi connectivity index (χ1v) is 23.9. The fraction of sp³-hybridized carbons (Fsp3) is 0.0182. The van der Waals surface area contributed by atoms with E-state index in [2.05, 4.69) is 229 Å². The van der Waals surface area contributed by atoms with Crippen LogP contribution in [0.3, 0.4) is 0 Å². The maximum Gasteiger partial charge on any atom is 0.180 e. The Bertz CT molecular complexity index is 3120. The van der Waals surface area contributed by atoms with Crippen molar-refractivity contribution in [1.29, 1.82) is 0 Å². The number of para-hydroxylation sites is 1. The Morgan fingerprint density at radius 3 is 1.63 bits per heavy atom. The van der Waals surface area contributed by atoms with E-state index in [0.717, 1.165) is 11.4 Å². The van der Waals surface area contributed by atoms with Crippen molar-refractivity contribution in [2.75, 3.05) is 4.90 Å². The molecule has 1 aromatic heterocycles. The van der Waals surface area contributed by atoms with Crippen molar-refractivity contribution < 1.29 is 0 Å². The van der Waals surface area contributed by atoms with E-state index in [1.54, 1.807) is 0 Å². The first-order chi connectivity index (χ1) is 29.3. The second-order valence-electron chi connectivity index (χ2n) is 15.5. The molecule has 3 heterocycles. The molecule has 1 spiro atoms. The highest BCUT2D eigenvalue weighted by Crippen LogP contribution is 2.58. The highest BCUT2D eigenvalue weighted by Gasteiger charge is 2.57. The Kier molecular flexibility index (Phi) is 7.96. The summed E-state index contributed by atoms with van der Waals surface area (Å²) in [5, 5.41) is 8.30. The number of thiophene rings is 1. The molecule has 0 unspecified atom stereocenters. The van der Waals surface area contributed by atoms with Crippen LogP contribution in [0.15, 0.2) is 234 Å². The topological polar surface area (TPSA) is 3.24 Å². The smallest absolute Gasteiger partial charge is 0.180 e. The standard InChI is InChI=1S/C55H37NS2Si/c1-4-19-38(20-5-1)56(48-30-18-26-43-42-25-10-14-31-49(42)58-54(43)48)39-35-36-51-47(37-39)55(44-27-11-15-32-50(44)57-51)45-28-12-16-33-52(45)59(40-21-6-2-7-22-40,41-23-8-3-9-24-41)53-34-17-13-29-46(53)55/h1-37H. The molecule has 0 fully saturated rings. The van der Waals surface area contributed by atoms with Crippen molar-refractivity contribution in [3.05, 3.63) is 247 Å². The van der Waals surface area contributed by atoms with Crippen LogP contribution in [0, 0.1) is 0 Å². The summed E-state index contributed by atoms with van der Waals surface area (Å²) >= 11 is 3.79. The van der Waals surface area contributed by atoms with Crippen LogP contribution in [0.2, 0.25) is 0 Å². The Morgan fingerprint density at radius 1 is 0.390 bits per heavy atom. The van der Waals surface area contributed by atoms with Crippen LogP contribution in [-0.2, 0) is 5.41 Å². The third-order valence-electron chi connectivity index (χ3n) is 12.7. The highest BCUT2D eigenvalue weighted by atomic mass is 32.2. The lowest BCUT2D eigenvalue weighted by molar-refractivity contribution is 0.707. The summed E-state index contributed by atoms with van der Waals surface area (Å²) in [4.78, 5) is 5.09. The van der Waals surface area contributed by atoms with Crippen LogP contribution in [0.4, 0.5) is 17.1 Å². The van der Waals surface area contributed by atoms with Crippen molar-refractivity contribution in [2.45, 2.75) is 15.2 Å². The molecule has 0 bridgehead atoms. The number of fused-ring (bicyclic) bond motifs is 11. The van der Waals surface area contributed by atoms with E-state index < -0.39 is 13.5 Å². The van der Waals surface area contributed by atoms with Crippen LogP contribution in [0.1, 0.15) is 22.3 Å². The van der Waals surface area contributed by atoms with Crippen molar-refractivity contribution in [3.63, 3.8) is 0 Å². The fourth-order valence-corrected chi connectivity index (χ4v) is 18.1. The van der Waals surface area contributed by atoms with Crippen molar-refractivity contribution in [1.82, 2.24) is 0 Å². The largest absolute Gasteiger partial charge is 0.309 e. The lowest BCUT2D eigenvalue weighted by Crippen LogP contribution is -2.79. The van der Waals surface area contributed by atoms with Gasteiger partial charge >= 0.3 is 0 Å². The summed E-state index contributed by atoms with van der Waals surface area (Å²) in [5.41, 5.74) is 8.32. The molecule has 1 nitrogen and oxygen atoms in total. The van der Waals surface area contributed by atoms with Gasteiger partial charge in [-0.15, -0.1) is 11.3 Å². The van der Waals surface area contributed by atoms with Gasteiger partial charge in [-0.05, 0) is 91.5 Å². The molecule has 59 heavy (non-hydrogen) atoms. The number of rotatable bonds is 5. The zero-order valence-electron chi connectivity index (χ0n) is 32.1. The van der Waals surface area contributed by atoms with E-state index in [-0.39, 0.29) is 0 Å². The van der Waals surface area contributed by atoms with E-state index >= 15 is 0 Å². The molecule has 0 N–H and O–H groups in total. The van der Waals surface area contributed by atoms with E-state index in [1.165, 1.54) is 78.7 Å². The normalized spacial score (nSPS) is 14.3. The number of benzene rings is 9. The van der Waals surface area contributed by atoms with Gasteiger partial charge in [-0.1, -0.05) is 188 Å². The Balaban J connectivity index is 1.20. The van der Waals surface area contributed by atoms with Crippen LogP contribution < -0.4 is 25.6 Å². The molecule has 0 atom stereocenters. The molecule has 12 rings (SSSR count). The predicted octanol–water partition coefficient (Wildman–Crippen LogP) is 12.1. The highest BCUT2D eigenvalue weighted by molar-refractivity contribution is 7.99. The van der Waals surface area contributed by atoms with Gasteiger partial charge in [-0.3, -0.25) is 0 Å². The number of anilines is 3. The van der Waals surface area contributed by atoms with Crippen molar-refractivity contribution in [2.24, 2.45) is 0 Å². The minimum Gasteiger partial charge on any atom is -0.309 e. The quantitative estimate of drug-likeness (QED) is 0.159. The summed E-state index contributed by atoms with van der Waals surface area (Å²) < 4.78 is 2.60. The van der Waals surface area contributed by atoms with Crippen LogP contribution in [0.25, 0.3) is 20.2 Å². The van der Waals surface area contributed by atoms with Crippen molar-refractivity contribution in [3.8, 4) is 0 Å². The minimum atomic E-state index is -2.83. The molecular formula is C55H37NS2Si. The maximum absolute atomic E-state index is 2.83. The minimum absolute atomic E-state index is 0.577. The van der Waals surface area contributed by atoms with E-state index in [4.69, 9.17) is 0 Å². The molecule has 0 radical (unpaired) electrons. The maximum atomic E-state index is 2.53. The summed E-state index contributed by atoms with van der Waals surface area (Å²) in [6.45, 7) is 0. The molecule has 278 valence electrons. The number of nitrogens with zero attached hydrogens (tertiary/aromatic N) is 1. The Morgan fingerprint density at radius 2 is 0.932 bits per heavy atom. The SMILES string of the molecule is c1ccc(N(c2ccc3c(c2)C2(c4ccccc4S3)c3ccccc3[Si](c3ccccc3)(c3ccccc3)c3ccccc32)c2cccc3c2sc2ccccc23)cc1. The van der Waals surface area contributed by atoms with Gasteiger partial charge in [0, 0.05) is 36.6 Å². The molecule has 4 heteroatoms. The summed E-state index contributed by atoms with van der Waals surface area (Å²) in [7, 11) is -2.83. The number of hydrogen-bond donors (Lipinski definition) is 0. The predicted molar refractivity (Wildman–Crippen MR) is 254 cm³/mol. The fourth-order valence-electron chi connectivity index (χ4n) is 10.4. The van der Waals surface area contributed by atoms with E-state index in [9.17, 15) is 0 Å².